The van der Waals surface area contributed by atoms with Crippen LogP contribution in [0, 0.1) is 17.8 Å². The third-order valence-electron chi connectivity index (χ3n) is 4.50. The Labute approximate surface area is 123 Å². The lowest BCUT2D eigenvalue weighted by Crippen LogP contribution is -2.26. The average molecular weight is 275 g/mol. The summed E-state index contributed by atoms with van der Waals surface area (Å²) in [7, 11) is 0. The van der Waals surface area contributed by atoms with Gasteiger partial charge in [-0.05, 0) is 35.3 Å². The van der Waals surface area contributed by atoms with Gasteiger partial charge < -0.3 is 5.11 Å². The predicted molar refractivity (Wildman–Crippen MR) is 84.7 cm³/mol. The van der Waals surface area contributed by atoms with Crippen LogP contribution in [0.2, 0.25) is 0 Å². The molecule has 0 saturated carbocycles. The Hall–Kier alpha value is -0.860. The maximum absolute atomic E-state index is 10.4. The number of aliphatic hydroxyl groups is 1. The van der Waals surface area contributed by atoms with Crippen molar-refractivity contribution >= 4 is 0 Å². The maximum Gasteiger partial charge on any atom is 0.0916 e. The molecule has 1 N–H and O–H groups in total. The lowest BCUT2D eigenvalue weighted by Gasteiger charge is -2.20. The highest BCUT2D eigenvalue weighted by molar-refractivity contribution is 5.24. The summed E-state index contributed by atoms with van der Waals surface area (Å²) in [5.41, 5.74) is 2.41. The molecule has 3 unspecified atom stereocenters. The van der Waals surface area contributed by atoms with Crippen LogP contribution in [0.25, 0.3) is 0 Å². The van der Waals surface area contributed by atoms with Crippen LogP contribution in [0.1, 0.15) is 44.9 Å². The first-order valence-corrected chi connectivity index (χ1v) is 7.95. The van der Waals surface area contributed by atoms with Crippen molar-refractivity contribution < 1.29 is 5.11 Å². The molecule has 2 nitrogen and oxygen atoms in total. The highest BCUT2D eigenvalue weighted by Crippen LogP contribution is 2.25. The number of nitrogens with zero attached hydrogens (tertiary/aromatic N) is 1. The van der Waals surface area contributed by atoms with Gasteiger partial charge in [0.25, 0.3) is 0 Å². The Bertz CT molecular complexity index is 402. The third kappa shape index (κ3) is 4.07. The molecule has 1 heterocycles. The van der Waals surface area contributed by atoms with Gasteiger partial charge in [0, 0.05) is 19.6 Å². The molecule has 0 amide bonds. The van der Waals surface area contributed by atoms with E-state index in [2.05, 4.69) is 56.9 Å². The van der Waals surface area contributed by atoms with Gasteiger partial charge in [-0.2, -0.15) is 0 Å². The molecule has 0 aliphatic carbocycles. The number of aliphatic hydroxyl groups excluding tert-OH is 1. The quantitative estimate of drug-likeness (QED) is 0.889. The van der Waals surface area contributed by atoms with E-state index in [1.165, 1.54) is 5.56 Å². The van der Waals surface area contributed by atoms with Gasteiger partial charge in [-0.3, -0.25) is 4.90 Å². The summed E-state index contributed by atoms with van der Waals surface area (Å²) in [5.74, 6) is 2.17. The van der Waals surface area contributed by atoms with Crippen molar-refractivity contribution in [2.45, 2.75) is 40.2 Å². The van der Waals surface area contributed by atoms with E-state index in [4.69, 9.17) is 0 Å². The van der Waals surface area contributed by atoms with Crippen LogP contribution < -0.4 is 0 Å². The molecule has 1 aromatic rings. The molecule has 0 bridgehead atoms. The first kappa shape index (κ1) is 15.5. The molecule has 112 valence electrons. The molecule has 1 saturated heterocycles. The van der Waals surface area contributed by atoms with Crippen LogP contribution in [0.4, 0.5) is 0 Å². The van der Waals surface area contributed by atoms with E-state index < -0.39 is 0 Å². The van der Waals surface area contributed by atoms with Gasteiger partial charge in [-0.15, -0.1) is 0 Å². The summed E-state index contributed by atoms with van der Waals surface area (Å²) in [4.78, 5) is 2.39. The first-order valence-electron chi connectivity index (χ1n) is 7.95. The Morgan fingerprint density at radius 1 is 1.10 bits per heavy atom. The van der Waals surface area contributed by atoms with Crippen molar-refractivity contribution in [3.63, 3.8) is 0 Å². The molecule has 2 rings (SSSR count). The molecule has 3 atom stereocenters. The Morgan fingerprint density at radius 3 is 2.15 bits per heavy atom. The van der Waals surface area contributed by atoms with Crippen molar-refractivity contribution in [2.24, 2.45) is 17.8 Å². The highest BCUT2D eigenvalue weighted by Gasteiger charge is 2.27. The minimum absolute atomic E-state index is 0.361. The van der Waals surface area contributed by atoms with E-state index in [1.54, 1.807) is 0 Å². The van der Waals surface area contributed by atoms with Gasteiger partial charge in [0.05, 0.1) is 6.10 Å². The largest absolute Gasteiger partial charge is 0.387 e. The summed E-state index contributed by atoms with van der Waals surface area (Å²) < 4.78 is 0. The molecule has 20 heavy (non-hydrogen) atoms. The highest BCUT2D eigenvalue weighted by atomic mass is 16.3. The van der Waals surface area contributed by atoms with Crippen molar-refractivity contribution in [1.29, 1.82) is 0 Å². The molecule has 0 aromatic heterocycles. The van der Waals surface area contributed by atoms with Gasteiger partial charge in [0.15, 0.2) is 0 Å². The van der Waals surface area contributed by atoms with Crippen LogP contribution in [-0.4, -0.2) is 29.6 Å². The summed E-state index contributed by atoms with van der Waals surface area (Å²) in [6.45, 7) is 12.1. The number of β-amino-alcohol motifs (C(OH)–C–C–N with tert-alkyl or cyclic N) is 1. The van der Waals surface area contributed by atoms with Crippen LogP contribution in [-0.2, 0) is 6.42 Å². The van der Waals surface area contributed by atoms with Gasteiger partial charge in [0.2, 0.25) is 0 Å². The van der Waals surface area contributed by atoms with Crippen molar-refractivity contribution in [3.05, 3.63) is 35.4 Å². The Kier molecular flexibility index (Phi) is 5.22. The monoisotopic (exact) mass is 275 g/mol. The van der Waals surface area contributed by atoms with Gasteiger partial charge >= 0.3 is 0 Å². The molecule has 2 heteroatoms. The van der Waals surface area contributed by atoms with Crippen molar-refractivity contribution in [1.82, 2.24) is 4.90 Å². The zero-order valence-electron chi connectivity index (χ0n) is 13.3. The van der Waals surface area contributed by atoms with Gasteiger partial charge in [-0.1, -0.05) is 52.0 Å². The van der Waals surface area contributed by atoms with Crippen LogP contribution in [0.15, 0.2) is 24.3 Å². The fourth-order valence-electron chi connectivity index (χ4n) is 3.10. The maximum atomic E-state index is 10.4. The number of benzene rings is 1. The average Bonchev–Trinajstić information content (AvgIpc) is 2.68. The predicted octanol–water partition coefficient (Wildman–Crippen LogP) is 3.51. The second-order valence-electron chi connectivity index (χ2n) is 7.03. The van der Waals surface area contributed by atoms with Crippen LogP contribution in [0.5, 0.6) is 0 Å². The molecule has 1 aromatic carbocycles. The summed E-state index contributed by atoms with van der Waals surface area (Å²) in [6, 6.07) is 8.50. The fraction of sp³-hybridized carbons (Fsp3) is 0.667. The number of rotatable bonds is 5. The van der Waals surface area contributed by atoms with Gasteiger partial charge in [-0.25, -0.2) is 0 Å². The normalized spacial score (nSPS) is 25.3. The van der Waals surface area contributed by atoms with E-state index >= 15 is 0 Å². The van der Waals surface area contributed by atoms with E-state index in [0.29, 0.717) is 5.92 Å². The smallest absolute Gasteiger partial charge is 0.0916 e. The summed E-state index contributed by atoms with van der Waals surface area (Å²) >= 11 is 0. The minimum Gasteiger partial charge on any atom is -0.387 e. The first-order chi connectivity index (χ1) is 9.45. The van der Waals surface area contributed by atoms with Crippen molar-refractivity contribution in [2.75, 3.05) is 19.6 Å². The van der Waals surface area contributed by atoms with Crippen molar-refractivity contribution in [3.8, 4) is 0 Å². The Morgan fingerprint density at radius 2 is 1.65 bits per heavy atom. The molecule has 1 fully saturated rings. The minimum atomic E-state index is -0.361. The SMILES string of the molecule is CC(C)Cc1ccc(C(O)CN2CC(C)C(C)C2)cc1. The second-order valence-corrected chi connectivity index (χ2v) is 7.03. The van der Waals surface area contributed by atoms with E-state index in [0.717, 1.165) is 43.5 Å². The van der Waals surface area contributed by atoms with E-state index in [1.807, 2.05) is 0 Å². The molecular formula is C18H29NO. The summed E-state index contributed by atoms with van der Waals surface area (Å²) in [6.07, 6.45) is 0.748. The standard InChI is InChI=1S/C18H29NO/c1-13(2)9-16-5-7-17(8-6-16)18(20)12-19-10-14(3)15(4)11-19/h5-8,13-15,18,20H,9-12H2,1-4H3. The zero-order chi connectivity index (χ0) is 14.7. The number of likely N-dealkylation sites (tertiary alicyclic amines) is 1. The van der Waals surface area contributed by atoms with E-state index in [-0.39, 0.29) is 6.10 Å². The Balaban J connectivity index is 1.91. The molecule has 1 aliphatic rings. The topological polar surface area (TPSA) is 23.5 Å². The lowest BCUT2D eigenvalue weighted by atomic mass is 10.00. The lowest BCUT2D eigenvalue weighted by molar-refractivity contribution is 0.123. The number of hydrogen-bond donors (Lipinski definition) is 1. The van der Waals surface area contributed by atoms with E-state index in [9.17, 15) is 5.11 Å². The summed E-state index contributed by atoms with van der Waals surface area (Å²) in [5, 5.41) is 10.4. The second kappa shape index (κ2) is 6.73. The van der Waals surface area contributed by atoms with Crippen LogP contribution >= 0.6 is 0 Å². The molecular weight excluding hydrogens is 246 g/mol. The fourth-order valence-corrected chi connectivity index (χ4v) is 3.10. The van der Waals surface area contributed by atoms with Crippen LogP contribution in [0.3, 0.4) is 0 Å². The zero-order valence-corrected chi connectivity index (χ0v) is 13.3. The van der Waals surface area contributed by atoms with Gasteiger partial charge in [0.1, 0.15) is 0 Å². The molecule has 0 spiro atoms. The molecule has 1 aliphatic heterocycles. The molecule has 0 radical (unpaired) electrons. The number of hydrogen-bond acceptors (Lipinski definition) is 2. The third-order valence-corrected chi connectivity index (χ3v) is 4.50.